The summed E-state index contributed by atoms with van der Waals surface area (Å²) in [5.74, 6) is 2.38. The van der Waals surface area contributed by atoms with Crippen molar-refractivity contribution in [2.24, 2.45) is 5.92 Å². The Morgan fingerprint density at radius 2 is 1.73 bits per heavy atom. The first kappa shape index (κ1) is 45.5. The van der Waals surface area contributed by atoms with Crippen molar-refractivity contribution in [2.75, 3.05) is 6.54 Å². The van der Waals surface area contributed by atoms with E-state index in [0.717, 1.165) is 35.2 Å². The second-order valence-corrected chi connectivity index (χ2v) is 9.66. The predicted octanol–water partition coefficient (Wildman–Crippen LogP) is 10.2. The minimum absolute atomic E-state index is 0.236. The normalized spacial score (nSPS) is 12.1. The van der Waals surface area contributed by atoms with E-state index in [1.165, 1.54) is 12.1 Å². The van der Waals surface area contributed by atoms with Crippen LogP contribution in [0.15, 0.2) is 109 Å². The maximum atomic E-state index is 13.4. The Morgan fingerprint density at radius 3 is 2.20 bits per heavy atom. The molecule has 250 valence electrons. The molecule has 45 heavy (non-hydrogen) atoms. The van der Waals surface area contributed by atoms with Crippen LogP contribution in [0.3, 0.4) is 0 Å². The number of nitrogens with zero attached hydrogens (tertiary/aromatic N) is 1. The van der Waals surface area contributed by atoms with Crippen molar-refractivity contribution in [3.05, 3.63) is 120 Å². The topological polar surface area (TPSA) is 52.6 Å². The summed E-state index contributed by atoms with van der Waals surface area (Å²) in [4.78, 5) is 12.2. The lowest BCUT2D eigenvalue weighted by Crippen LogP contribution is -2.29. The number of hydrogen-bond donors (Lipinski definition) is 2. The maximum Gasteiger partial charge on any atom is 0.211 e. The molecule has 1 aromatic carbocycles. The smallest absolute Gasteiger partial charge is 0.211 e. The zero-order chi connectivity index (χ0) is 35.0. The molecule has 0 aliphatic rings. The highest BCUT2D eigenvalue weighted by molar-refractivity contribution is 5.53. The molecule has 0 aliphatic carbocycles. The van der Waals surface area contributed by atoms with Crippen LogP contribution in [0.25, 0.3) is 0 Å². The average molecular weight is 621 g/mol. The number of hydrogen-bond acceptors (Lipinski definition) is 3. The van der Waals surface area contributed by atoms with Crippen molar-refractivity contribution in [3.63, 3.8) is 0 Å². The molecule has 0 aromatic heterocycles. The third-order valence-electron chi connectivity index (χ3n) is 5.94. The molecule has 0 radical (unpaired) electrons. The van der Waals surface area contributed by atoms with Crippen LogP contribution in [0.1, 0.15) is 93.6 Å². The largest absolute Gasteiger partial charge is 0.393 e. The number of nitrogens with one attached hydrogen (secondary N) is 1. The van der Waals surface area contributed by atoms with E-state index in [-0.39, 0.29) is 11.7 Å². The van der Waals surface area contributed by atoms with Crippen LogP contribution in [0.5, 0.6) is 0 Å². The fourth-order valence-corrected chi connectivity index (χ4v) is 3.86. The van der Waals surface area contributed by atoms with Crippen molar-refractivity contribution in [1.29, 1.82) is 0 Å². The molecule has 0 bridgehead atoms. The van der Waals surface area contributed by atoms with Gasteiger partial charge in [0.15, 0.2) is 0 Å². The maximum absolute atomic E-state index is 13.4. The van der Waals surface area contributed by atoms with Crippen LogP contribution in [-0.4, -0.2) is 29.1 Å². The molecule has 0 spiro atoms. The monoisotopic (exact) mass is 620 g/mol. The Kier molecular flexibility index (Phi) is 31.9. The van der Waals surface area contributed by atoms with Crippen molar-refractivity contribution in [2.45, 2.75) is 101 Å². The first-order valence-corrected chi connectivity index (χ1v) is 16.2. The first-order chi connectivity index (χ1) is 21.7. The summed E-state index contributed by atoms with van der Waals surface area (Å²) in [6.07, 6.45) is 23.9. The Hall–Kier alpha value is -3.88. The van der Waals surface area contributed by atoms with E-state index < -0.39 is 6.10 Å². The lowest BCUT2D eigenvalue weighted by atomic mass is 9.99. The zero-order valence-electron chi connectivity index (χ0n) is 29.6. The van der Waals surface area contributed by atoms with E-state index in [2.05, 4.69) is 68.3 Å². The van der Waals surface area contributed by atoms with Crippen molar-refractivity contribution < 1.29 is 14.3 Å². The Morgan fingerprint density at radius 1 is 1.11 bits per heavy atom. The number of carbonyl (C=O) groups is 1. The van der Waals surface area contributed by atoms with Crippen molar-refractivity contribution in [1.82, 2.24) is 10.2 Å². The van der Waals surface area contributed by atoms with E-state index in [1.54, 1.807) is 12.2 Å². The van der Waals surface area contributed by atoms with Gasteiger partial charge in [-0.3, -0.25) is 4.79 Å². The van der Waals surface area contributed by atoms with E-state index in [0.29, 0.717) is 38.0 Å². The van der Waals surface area contributed by atoms with Crippen LogP contribution >= 0.6 is 0 Å². The number of aliphatic hydroxyl groups excluding tert-OH is 1. The predicted molar refractivity (Wildman–Crippen MR) is 196 cm³/mol. The summed E-state index contributed by atoms with van der Waals surface area (Å²) in [6.45, 7) is 27.7. The highest BCUT2D eigenvalue weighted by Gasteiger charge is 2.16. The quantitative estimate of drug-likeness (QED) is 0.0789. The van der Waals surface area contributed by atoms with Crippen LogP contribution in [-0.2, 0) is 11.3 Å². The van der Waals surface area contributed by atoms with Gasteiger partial charge in [0.2, 0.25) is 6.41 Å². The van der Waals surface area contributed by atoms with Gasteiger partial charge in [0.1, 0.15) is 5.82 Å². The fraction of sp³-hybridized carbons (Fsp3) is 0.425. The van der Waals surface area contributed by atoms with Gasteiger partial charge in [-0.2, -0.15) is 0 Å². The summed E-state index contributed by atoms with van der Waals surface area (Å²) < 4.78 is 13.4. The highest BCUT2D eigenvalue weighted by atomic mass is 19.1. The van der Waals surface area contributed by atoms with E-state index in [1.807, 2.05) is 71.9 Å². The summed E-state index contributed by atoms with van der Waals surface area (Å²) in [5, 5.41) is 12.6. The van der Waals surface area contributed by atoms with Gasteiger partial charge >= 0.3 is 0 Å². The molecule has 1 aromatic rings. The minimum atomic E-state index is -0.423. The molecule has 1 rings (SSSR count). The van der Waals surface area contributed by atoms with E-state index >= 15 is 0 Å². The molecule has 4 nitrogen and oxygen atoms in total. The molecule has 2 N–H and O–H groups in total. The van der Waals surface area contributed by atoms with E-state index in [9.17, 15) is 14.3 Å². The van der Waals surface area contributed by atoms with Crippen LogP contribution in [0, 0.1) is 24.1 Å². The van der Waals surface area contributed by atoms with Gasteiger partial charge in [-0.05, 0) is 86.4 Å². The molecule has 0 saturated carbocycles. The summed E-state index contributed by atoms with van der Waals surface area (Å²) in [6, 6.07) is 6.62. The third kappa shape index (κ3) is 23.2. The number of terminal acetylenes is 1. The molecule has 1 unspecified atom stereocenters. The molecule has 0 heterocycles. The molecule has 0 saturated heterocycles. The van der Waals surface area contributed by atoms with Gasteiger partial charge in [0, 0.05) is 18.8 Å². The fourth-order valence-electron chi connectivity index (χ4n) is 3.86. The van der Waals surface area contributed by atoms with Gasteiger partial charge in [0.25, 0.3) is 0 Å². The second kappa shape index (κ2) is 31.5. The highest BCUT2D eigenvalue weighted by Crippen LogP contribution is 2.24. The van der Waals surface area contributed by atoms with Gasteiger partial charge < -0.3 is 15.3 Å². The van der Waals surface area contributed by atoms with Crippen LogP contribution in [0.4, 0.5) is 4.39 Å². The number of amides is 1. The van der Waals surface area contributed by atoms with Gasteiger partial charge in [-0.1, -0.05) is 110 Å². The number of halogens is 1. The number of aliphatic hydroxyl groups is 1. The molecule has 1 amide bonds. The summed E-state index contributed by atoms with van der Waals surface area (Å²) in [5.41, 5.74) is 4.78. The van der Waals surface area contributed by atoms with Crippen molar-refractivity contribution in [3.8, 4) is 12.3 Å². The van der Waals surface area contributed by atoms with Crippen molar-refractivity contribution >= 4 is 6.41 Å². The average Bonchev–Trinajstić information content (AvgIpc) is 3.04. The minimum Gasteiger partial charge on any atom is -0.393 e. The van der Waals surface area contributed by atoms with Crippen LogP contribution < -0.4 is 5.32 Å². The molecule has 0 aliphatic heterocycles. The lowest BCUT2D eigenvalue weighted by molar-refractivity contribution is -0.108. The molecular weight excluding hydrogens is 559 g/mol. The van der Waals surface area contributed by atoms with Gasteiger partial charge in [-0.25, -0.2) is 4.39 Å². The standard InChI is InChI=1S/C27H38FNO.C9H11NO.2C2H6/c1-7-10-24(11-8-2)22(6)19-27(21(4)5)29(18-17-26(30)12-9-3)20-23-13-15-25(28)16-14-23;1-3-5-6-7-9(4-2)10-8-11;2*1-2/h7,9-11,13-16,19,21,26,30H,3,6,8,12,17-18,20H2,1-2,4-5H3;2-3,5,7-8H,6H2,1H3,(H,10,11);2*1-2H3/b10-7-,24-11+,27-19-;5-3-,9-7+;;. The number of allylic oxidation sites excluding steroid dienone is 11. The number of benzene rings is 1. The summed E-state index contributed by atoms with van der Waals surface area (Å²) >= 11 is 0. The summed E-state index contributed by atoms with van der Waals surface area (Å²) in [7, 11) is 0. The third-order valence-corrected chi connectivity index (χ3v) is 5.94. The van der Waals surface area contributed by atoms with Crippen LogP contribution in [0.2, 0.25) is 0 Å². The number of rotatable bonds is 17. The molecule has 1 atom stereocenters. The Bertz CT molecular complexity index is 1120. The van der Waals surface area contributed by atoms with E-state index in [4.69, 9.17) is 6.42 Å². The SMILES string of the molecule is C#C/C(=C\C/C=C\C)NC=O.C=CCC(O)CCN(Cc1ccc(F)cc1)/C(=C\C(=C)C(/C=C\C)=C/CC)C(C)C.CC.CC. The zero-order valence-corrected chi connectivity index (χ0v) is 29.6. The molecule has 5 heteroatoms. The van der Waals surface area contributed by atoms with Gasteiger partial charge in [0.05, 0.1) is 11.8 Å². The van der Waals surface area contributed by atoms with Gasteiger partial charge in [-0.15, -0.1) is 13.0 Å². The number of carbonyl (C=O) groups excluding carboxylic acids is 1. The Balaban J connectivity index is -0.000000983. The first-order valence-electron chi connectivity index (χ1n) is 16.2. The lowest BCUT2D eigenvalue weighted by Gasteiger charge is -2.31. The Labute approximate surface area is 275 Å². The molecular formula is C40H61FN2O2. The second-order valence-electron chi connectivity index (χ2n) is 9.66. The molecule has 0 fully saturated rings.